The Morgan fingerprint density at radius 3 is 2.78 bits per heavy atom. The molecule has 2 aromatic heterocycles. The van der Waals surface area contributed by atoms with Gasteiger partial charge < -0.3 is 15.3 Å². The van der Waals surface area contributed by atoms with Gasteiger partial charge >= 0.3 is 5.69 Å². The van der Waals surface area contributed by atoms with E-state index in [0.717, 1.165) is 19.3 Å². The first-order chi connectivity index (χ1) is 15.4. The van der Waals surface area contributed by atoms with Crippen molar-refractivity contribution in [3.8, 4) is 28.4 Å². The van der Waals surface area contributed by atoms with Gasteiger partial charge in [0.25, 0.3) is 0 Å². The fraction of sp³-hybridized carbons (Fsp3) is 0.409. The summed E-state index contributed by atoms with van der Waals surface area (Å²) in [6, 6.07) is 8.46. The molecule has 5 rings (SSSR count). The third kappa shape index (κ3) is 3.60. The van der Waals surface area contributed by atoms with Crippen LogP contribution in [0, 0.1) is 0 Å². The summed E-state index contributed by atoms with van der Waals surface area (Å²) in [7, 11) is 3.41. The van der Waals surface area contributed by atoms with Crippen molar-refractivity contribution in [1.82, 2.24) is 30.0 Å². The van der Waals surface area contributed by atoms with Gasteiger partial charge in [-0.2, -0.15) is 4.98 Å². The Labute approximate surface area is 184 Å². The number of piperidine rings is 1. The quantitative estimate of drug-likeness (QED) is 0.635. The van der Waals surface area contributed by atoms with E-state index in [4.69, 9.17) is 0 Å². The zero-order valence-corrected chi connectivity index (χ0v) is 17.8. The lowest BCUT2D eigenvalue weighted by Gasteiger charge is -2.38. The smallest absolute Gasteiger partial charge is 0.350 e. The molecule has 9 nitrogen and oxygen atoms in total. The third-order valence-corrected chi connectivity index (χ3v) is 6.45. The molecule has 2 unspecified atom stereocenters. The molecule has 10 heteroatoms. The SMILES string of the molecule is CN(c1ccc(-c2ccc(-c3ncn(C)c(=O)n3)cc2O)nn1)[C@@H]1CC2CCC(N2)[C@@H]1F. The number of fused-ring (bicyclic) bond motifs is 2. The van der Waals surface area contributed by atoms with Crippen molar-refractivity contribution in [3.05, 3.63) is 47.1 Å². The molecule has 2 bridgehead atoms. The Morgan fingerprint density at radius 1 is 1.22 bits per heavy atom. The molecule has 2 N–H and O–H groups in total. The number of anilines is 1. The van der Waals surface area contributed by atoms with Crippen LogP contribution in [-0.4, -0.2) is 61.2 Å². The molecule has 0 spiro atoms. The summed E-state index contributed by atoms with van der Waals surface area (Å²) in [5.41, 5.74) is 1.06. The van der Waals surface area contributed by atoms with E-state index < -0.39 is 11.9 Å². The second kappa shape index (κ2) is 7.94. The molecular weight excluding hydrogens is 413 g/mol. The number of halogens is 1. The highest BCUT2D eigenvalue weighted by Gasteiger charge is 2.43. The van der Waals surface area contributed by atoms with Crippen LogP contribution in [0.2, 0.25) is 0 Å². The largest absolute Gasteiger partial charge is 0.507 e. The van der Waals surface area contributed by atoms with Gasteiger partial charge in [-0.25, -0.2) is 14.2 Å². The standard InChI is InChI=1S/C22H24FN7O2/c1-29-11-24-21(26-22(29)32)12-3-5-14(18(31)9-12)15-7-8-19(28-27-15)30(2)17-10-13-4-6-16(25-13)20(17)23/h3,5,7-9,11,13,16-17,20,25,31H,4,6,10H2,1-2H3/t13?,16?,17-,20+/m1/s1. The van der Waals surface area contributed by atoms with E-state index in [1.165, 1.54) is 17.0 Å². The minimum absolute atomic E-state index is 0.0269. The Hall–Kier alpha value is -3.40. The zero-order chi connectivity index (χ0) is 22.4. The van der Waals surface area contributed by atoms with Gasteiger partial charge in [0.15, 0.2) is 11.6 Å². The van der Waals surface area contributed by atoms with E-state index in [0.29, 0.717) is 28.7 Å². The number of rotatable bonds is 4. The normalized spacial score (nSPS) is 24.5. The Morgan fingerprint density at radius 2 is 2.06 bits per heavy atom. The molecule has 0 amide bonds. The molecule has 3 aromatic rings. The summed E-state index contributed by atoms with van der Waals surface area (Å²) < 4.78 is 16.2. The molecule has 32 heavy (non-hydrogen) atoms. The molecule has 0 saturated carbocycles. The maximum absolute atomic E-state index is 14.9. The number of phenols is 1. The number of alkyl halides is 1. The highest BCUT2D eigenvalue weighted by Crippen LogP contribution is 2.34. The maximum Gasteiger partial charge on any atom is 0.350 e. The van der Waals surface area contributed by atoms with Crippen LogP contribution in [-0.2, 0) is 7.05 Å². The minimum atomic E-state index is -0.950. The predicted molar refractivity (Wildman–Crippen MR) is 117 cm³/mol. The average Bonchev–Trinajstić information content (AvgIpc) is 3.21. The van der Waals surface area contributed by atoms with E-state index in [1.54, 1.807) is 31.3 Å². The van der Waals surface area contributed by atoms with Crippen LogP contribution in [0.25, 0.3) is 22.6 Å². The molecule has 4 atom stereocenters. The second-order valence-corrected chi connectivity index (χ2v) is 8.49. The second-order valence-electron chi connectivity index (χ2n) is 8.49. The van der Waals surface area contributed by atoms with Crippen LogP contribution in [0.5, 0.6) is 5.75 Å². The van der Waals surface area contributed by atoms with Crippen LogP contribution in [0.1, 0.15) is 19.3 Å². The first kappa shape index (κ1) is 20.5. The van der Waals surface area contributed by atoms with E-state index in [2.05, 4.69) is 25.5 Å². The first-order valence-corrected chi connectivity index (χ1v) is 10.6. The van der Waals surface area contributed by atoms with Gasteiger partial charge in [-0.1, -0.05) is 6.07 Å². The lowest BCUT2D eigenvalue weighted by Crippen LogP contribution is -2.55. The van der Waals surface area contributed by atoms with Gasteiger partial charge in [0, 0.05) is 37.3 Å². The van der Waals surface area contributed by atoms with Crippen molar-refractivity contribution < 1.29 is 9.50 Å². The number of benzene rings is 1. The van der Waals surface area contributed by atoms with Gasteiger partial charge in [0.1, 0.15) is 18.2 Å². The number of nitrogens with zero attached hydrogens (tertiary/aromatic N) is 6. The summed E-state index contributed by atoms with van der Waals surface area (Å²) in [4.78, 5) is 21.6. The van der Waals surface area contributed by atoms with E-state index in [-0.39, 0.29) is 23.7 Å². The topological polar surface area (TPSA) is 109 Å². The van der Waals surface area contributed by atoms with E-state index in [1.807, 2.05) is 11.9 Å². The molecule has 2 saturated heterocycles. The molecule has 2 aliphatic rings. The van der Waals surface area contributed by atoms with Crippen LogP contribution < -0.4 is 15.9 Å². The van der Waals surface area contributed by atoms with Gasteiger partial charge in [0.05, 0.1) is 11.7 Å². The van der Waals surface area contributed by atoms with Crippen molar-refractivity contribution >= 4 is 5.82 Å². The maximum atomic E-state index is 14.9. The van der Waals surface area contributed by atoms with Crippen LogP contribution in [0.4, 0.5) is 10.2 Å². The van der Waals surface area contributed by atoms with Gasteiger partial charge in [0.2, 0.25) is 0 Å². The van der Waals surface area contributed by atoms with Crippen LogP contribution in [0.3, 0.4) is 0 Å². The summed E-state index contributed by atoms with van der Waals surface area (Å²) in [5.74, 6) is 0.794. The van der Waals surface area contributed by atoms with Crippen molar-refractivity contribution in [1.29, 1.82) is 0 Å². The summed E-state index contributed by atoms with van der Waals surface area (Å²) in [6.45, 7) is 0. The first-order valence-electron chi connectivity index (χ1n) is 10.6. The Balaban J connectivity index is 1.37. The number of hydrogen-bond acceptors (Lipinski definition) is 8. The molecular formula is C22H24FN7O2. The molecule has 2 fully saturated rings. The highest BCUT2D eigenvalue weighted by atomic mass is 19.1. The van der Waals surface area contributed by atoms with E-state index >= 15 is 0 Å². The minimum Gasteiger partial charge on any atom is -0.507 e. The van der Waals surface area contributed by atoms with Crippen molar-refractivity contribution in [3.63, 3.8) is 0 Å². The molecule has 4 heterocycles. The van der Waals surface area contributed by atoms with Crippen molar-refractivity contribution in [2.24, 2.45) is 7.05 Å². The number of aromatic nitrogens is 5. The van der Waals surface area contributed by atoms with Crippen LogP contribution in [0.15, 0.2) is 41.5 Å². The Bertz CT molecular complexity index is 1200. The number of nitrogens with one attached hydrogen (secondary N) is 1. The number of aromatic hydroxyl groups is 1. The van der Waals surface area contributed by atoms with Crippen molar-refractivity contribution in [2.45, 2.75) is 43.6 Å². The molecule has 1 aromatic carbocycles. The fourth-order valence-electron chi connectivity index (χ4n) is 4.59. The summed E-state index contributed by atoms with van der Waals surface area (Å²) in [6.07, 6.45) is 3.06. The molecule has 0 radical (unpaired) electrons. The number of phenolic OH excluding ortho intramolecular Hbond substituents is 1. The lowest BCUT2D eigenvalue weighted by molar-refractivity contribution is 0.176. The summed E-state index contributed by atoms with van der Waals surface area (Å²) in [5, 5.41) is 22.4. The average molecular weight is 437 g/mol. The van der Waals surface area contributed by atoms with Crippen molar-refractivity contribution in [2.75, 3.05) is 11.9 Å². The fourth-order valence-corrected chi connectivity index (χ4v) is 4.59. The van der Waals surface area contributed by atoms with Gasteiger partial charge in [-0.3, -0.25) is 4.57 Å². The zero-order valence-electron chi connectivity index (χ0n) is 17.8. The predicted octanol–water partition coefficient (Wildman–Crippen LogP) is 1.67. The van der Waals surface area contributed by atoms with Gasteiger partial charge in [-0.05, 0) is 43.5 Å². The highest BCUT2D eigenvalue weighted by molar-refractivity contribution is 5.72. The van der Waals surface area contributed by atoms with Crippen LogP contribution >= 0.6 is 0 Å². The van der Waals surface area contributed by atoms with Gasteiger partial charge in [-0.15, -0.1) is 10.2 Å². The molecule has 166 valence electrons. The van der Waals surface area contributed by atoms with E-state index in [9.17, 15) is 14.3 Å². The Kier molecular flexibility index (Phi) is 5.09. The molecule has 2 aliphatic heterocycles. The molecule has 0 aliphatic carbocycles. The number of aryl methyl sites for hydroxylation is 1. The number of hydrogen-bond donors (Lipinski definition) is 2. The third-order valence-electron chi connectivity index (χ3n) is 6.45. The summed E-state index contributed by atoms with van der Waals surface area (Å²) >= 11 is 0. The monoisotopic (exact) mass is 437 g/mol. The lowest BCUT2D eigenvalue weighted by atomic mass is 9.96.